The molecule has 50 valence electrons. The molecule has 0 aliphatic rings. The maximum atomic E-state index is 10.0. The van der Waals surface area contributed by atoms with Crippen molar-refractivity contribution < 1.29 is 29.4 Å². The zero-order chi connectivity index (χ0) is 6.73. The van der Waals surface area contributed by atoms with Gasteiger partial charge < -0.3 is 10.8 Å². The Bertz CT molecular complexity index is 95.0. The van der Waals surface area contributed by atoms with Crippen molar-refractivity contribution in [3.63, 3.8) is 0 Å². The SMILES string of the molecule is CC(C)C(N)C(=O)O.[Zn]. The van der Waals surface area contributed by atoms with Crippen molar-refractivity contribution in [3.05, 3.63) is 0 Å². The first-order valence-electron chi connectivity index (χ1n) is 2.54. The normalized spacial score (nSPS) is 12.4. The number of carboxylic acid groups (broad SMARTS) is 1. The molecule has 0 radical (unpaired) electrons. The van der Waals surface area contributed by atoms with Crippen LogP contribution in [-0.2, 0) is 24.3 Å². The second-order valence-electron chi connectivity index (χ2n) is 2.11. The van der Waals surface area contributed by atoms with Crippen LogP contribution >= 0.6 is 0 Å². The van der Waals surface area contributed by atoms with Crippen molar-refractivity contribution in [2.24, 2.45) is 11.7 Å². The van der Waals surface area contributed by atoms with E-state index in [1.54, 1.807) is 13.8 Å². The number of nitrogens with two attached hydrogens (primary N) is 1. The van der Waals surface area contributed by atoms with Gasteiger partial charge in [0.15, 0.2) is 0 Å². The Morgan fingerprint density at radius 2 is 1.89 bits per heavy atom. The third kappa shape index (κ3) is 4.55. The quantitative estimate of drug-likeness (QED) is 0.594. The standard InChI is InChI=1S/C5H11NO2.Zn/c1-3(2)4(6)5(7)8;/h3-4H,6H2,1-2H3,(H,7,8);. The molecular weight excluding hydrogens is 171 g/mol. The van der Waals surface area contributed by atoms with Crippen LogP contribution in [0.15, 0.2) is 0 Å². The number of hydrogen-bond donors (Lipinski definition) is 2. The summed E-state index contributed by atoms with van der Waals surface area (Å²) in [5, 5.41) is 8.23. The fourth-order valence-electron chi connectivity index (χ4n) is 0.285. The minimum Gasteiger partial charge on any atom is -0.480 e. The minimum absolute atomic E-state index is 0. The second kappa shape index (κ2) is 4.89. The van der Waals surface area contributed by atoms with Gasteiger partial charge in [0.05, 0.1) is 0 Å². The van der Waals surface area contributed by atoms with Gasteiger partial charge in [-0.2, -0.15) is 0 Å². The molecule has 0 saturated heterocycles. The van der Waals surface area contributed by atoms with Crippen molar-refractivity contribution in [1.29, 1.82) is 0 Å². The summed E-state index contributed by atoms with van der Waals surface area (Å²) in [6.07, 6.45) is 0. The maximum absolute atomic E-state index is 10.0. The molecule has 0 aromatic carbocycles. The summed E-state index contributed by atoms with van der Waals surface area (Å²) < 4.78 is 0. The van der Waals surface area contributed by atoms with Crippen molar-refractivity contribution in [3.8, 4) is 0 Å². The van der Waals surface area contributed by atoms with Crippen molar-refractivity contribution in [2.45, 2.75) is 19.9 Å². The molecule has 0 amide bonds. The van der Waals surface area contributed by atoms with Gasteiger partial charge in [0.2, 0.25) is 0 Å². The van der Waals surface area contributed by atoms with Crippen LogP contribution in [0, 0.1) is 5.92 Å². The number of hydrogen-bond acceptors (Lipinski definition) is 2. The van der Waals surface area contributed by atoms with Crippen LogP contribution in [0.25, 0.3) is 0 Å². The first-order chi connectivity index (χ1) is 3.55. The van der Waals surface area contributed by atoms with Gasteiger partial charge in [0.1, 0.15) is 6.04 Å². The summed E-state index contributed by atoms with van der Waals surface area (Å²) in [6.45, 7) is 3.55. The van der Waals surface area contributed by atoms with Crippen LogP contribution in [0.3, 0.4) is 0 Å². The summed E-state index contributed by atoms with van der Waals surface area (Å²) >= 11 is 0. The smallest absolute Gasteiger partial charge is 0.320 e. The number of carboxylic acids is 1. The molecule has 0 saturated carbocycles. The molecule has 0 aromatic heterocycles. The van der Waals surface area contributed by atoms with Gasteiger partial charge in [-0.25, -0.2) is 0 Å². The Kier molecular flexibility index (Phi) is 6.41. The molecule has 1 atom stereocenters. The van der Waals surface area contributed by atoms with E-state index in [1.807, 2.05) is 0 Å². The molecular formula is C5H11NO2Zn. The van der Waals surface area contributed by atoms with Crippen LogP contribution in [0.1, 0.15) is 13.8 Å². The molecule has 9 heavy (non-hydrogen) atoms. The summed E-state index contributed by atoms with van der Waals surface area (Å²) in [5.74, 6) is -0.910. The Labute approximate surface area is 67.4 Å². The minimum atomic E-state index is -0.931. The van der Waals surface area contributed by atoms with E-state index < -0.39 is 12.0 Å². The topological polar surface area (TPSA) is 63.3 Å². The van der Waals surface area contributed by atoms with E-state index in [-0.39, 0.29) is 25.4 Å². The predicted molar refractivity (Wildman–Crippen MR) is 30.4 cm³/mol. The van der Waals surface area contributed by atoms with Crippen molar-refractivity contribution in [2.75, 3.05) is 0 Å². The largest absolute Gasteiger partial charge is 0.480 e. The molecule has 0 heterocycles. The Morgan fingerprint density at radius 1 is 1.56 bits per heavy atom. The van der Waals surface area contributed by atoms with Crippen LogP contribution in [0.4, 0.5) is 0 Å². The van der Waals surface area contributed by atoms with E-state index in [2.05, 4.69) is 0 Å². The van der Waals surface area contributed by atoms with Gasteiger partial charge >= 0.3 is 5.97 Å². The summed E-state index contributed by atoms with van der Waals surface area (Å²) in [4.78, 5) is 10.0. The molecule has 3 nitrogen and oxygen atoms in total. The Hall–Kier alpha value is 0.0534. The average Bonchev–Trinajstić information content (AvgIpc) is 1.64. The van der Waals surface area contributed by atoms with E-state index in [0.717, 1.165) is 0 Å². The van der Waals surface area contributed by atoms with Gasteiger partial charge in [-0.1, -0.05) is 13.8 Å². The van der Waals surface area contributed by atoms with Crippen molar-refractivity contribution in [1.82, 2.24) is 0 Å². The van der Waals surface area contributed by atoms with Crippen LogP contribution < -0.4 is 5.73 Å². The summed E-state index contributed by atoms with van der Waals surface area (Å²) in [5.41, 5.74) is 5.16. The fraction of sp³-hybridized carbons (Fsp3) is 0.800. The van der Waals surface area contributed by atoms with Crippen LogP contribution in [0.2, 0.25) is 0 Å². The second-order valence-corrected chi connectivity index (χ2v) is 2.11. The third-order valence-corrected chi connectivity index (χ3v) is 1.00. The zero-order valence-corrected chi connectivity index (χ0v) is 8.76. The number of carbonyl (C=O) groups is 1. The molecule has 0 rings (SSSR count). The monoisotopic (exact) mass is 181 g/mol. The zero-order valence-electron chi connectivity index (χ0n) is 5.79. The van der Waals surface area contributed by atoms with Crippen molar-refractivity contribution >= 4 is 5.97 Å². The first-order valence-corrected chi connectivity index (χ1v) is 2.54. The van der Waals surface area contributed by atoms with Gasteiger partial charge in [-0.05, 0) is 5.92 Å². The molecule has 0 aliphatic heterocycles. The first kappa shape index (κ1) is 11.8. The molecule has 1 unspecified atom stereocenters. The molecule has 0 bridgehead atoms. The molecule has 3 N–H and O–H groups in total. The Morgan fingerprint density at radius 3 is 1.89 bits per heavy atom. The Balaban J connectivity index is 0. The van der Waals surface area contributed by atoms with E-state index in [4.69, 9.17) is 10.8 Å². The number of rotatable bonds is 2. The molecule has 0 aromatic rings. The number of aliphatic carboxylic acids is 1. The van der Waals surface area contributed by atoms with E-state index in [1.165, 1.54) is 0 Å². The van der Waals surface area contributed by atoms with Gasteiger partial charge in [0, 0.05) is 19.5 Å². The predicted octanol–water partition coefficient (Wildman–Crippen LogP) is 0.0518. The van der Waals surface area contributed by atoms with Gasteiger partial charge in [-0.3, -0.25) is 4.79 Å². The van der Waals surface area contributed by atoms with Crippen LogP contribution in [-0.4, -0.2) is 17.1 Å². The molecule has 4 heteroatoms. The summed E-state index contributed by atoms with van der Waals surface area (Å²) in [6, 6.07) is -0.713. The third-order valence-electron chi connectivity index (χ3n) is 1.00. The van der Waals surface area contributed by atoms with Gasteiger partial charge in [-0.15, -0.1) is 0 Å². The maximum Gasteiger partial charge on any atom is 0.320 e. The van der Waals surface area contributed by atoms with E-state index in [0.29, 0.717) is 0 Å². The molecule has 0 spiro atoms. The fourth-order valence-corrected chi connectivity index (χ4v) is 0.285. The van der Waals surface area contributed by atoms with E-state index >= 15 is 0 Å². The summed E-state index contributed by atoms with van der Waals surface area (Å²) in [7, 11) is 0. The molecule has 0 aliphatic carbocycles. The van der Waals surface area contributed by atoms with Crippen LogP contribution in [0.5, 0.6) is 0 Å². The van der Waals surface area contributed by atoms with Gasteiger partial charge in [0.25, 0.3) is 0 Å². The molecule has 0 fully saturated rings. The van der Waals surface area contributed by atoms with E-state index in [9.17, 15) is 4.79 Å². The average molecular weight is 183 g/mol.